The fourth-order valence-electron chi connectivity index (χ4n) is 2.34. The average Bonchev–Trinajstić information content (AvgIpc) is 2.48. The third-order valence-corrected chi connectivity index (χ3v) is 3.76. The molecule has 2 rings (SSSR count). The van der Waals surface area contributed by atoms with Gasteiger partial charge in [-0.05, 0) is 49.1 Å². The summed E-state index contributed by atoms with van der Waals surface area (Å²) >= 11 is 0. The number of nitrogen functional groups attached to an aromatic ring is 1. The molecular weight excluding hydrogens is 260 g/mol. The Kier molecular flexibility index (Phi) is 4.99. The van der Waals surface area contributed by atoms with Crippen LogP contribution in [0, 0.1) is 6.92 Å². The molecule has 2 aromatic carbocycles. The Balaban J connectivity index is 1.89. The first-order valence-corrected chi connectivity index (χ1v) is 7.25. The van der Waals surface area contributed by atoms with Gasteiger partial charge in [0.05, 0.1) is 5.92 Å². The van der Waals surface area contributed by atoms with Crippen molar-refractivity contribution in [1.29, 1.82) is 0 Å². The van der Waals surface area contributed by atoms with Gasteiger partial charge in [-0.1, -0.05) is 36.4 Å². The number of amides is 1. The fraction of sp³-hybridized carbons (Fsp3) is 0.278. The monoisotopic (exact) mass is 282 g/mol. The summed E-state index contributed by atoms with van der Waals surface area (Å²) in [6, 6.07) is 15.7. The number of nitrogens with one attached hydrogen (secondary N) is 1. The predicted molar refractivity (Wildman–Crippen MR) is 87.2 cm³/mol. The molecule has 110 valence electrons. The third kappa shape index (κ3) is 4.09. The van der Waals surface area contributed by atoms with Gasteiger partial charge in [0.1, 0.15) is 0 Å². The SMILES string of the molecule is Cc1ccccc1CCNC(=O)C(C)c1cccc(N)c1. The summed E-state index contributed by atoms with van der Waals surface area (Å²) < 4.78 is 0. The van der Waals surface area contributed by atoms with Crippen molar-refractivity contribution in [2.24, 2.45) is 0 Å². The van der Waals surface area contributed by atoms with Crippen LogP contribution in [0.5, 0.6) is 0 Å². The van der Waals surface area contributed by atoms with Crippen molar-refractivity contribution >= 4 is 11.6 Å². The minimum atomic E-state index is -0.189. The van der Waals surface area contributed by atoms with Crippen molar-refractivity contribution in [2.75, 3.05) is 12.3 Å². The van der Waals surface area contributed by atoms with Crippen LogP contribution >= 0.6 is 0 Å². The minimum absolute atomic E-state index is 0.0363. The van der Waals surface area contributed by atoms with Gasteiger partial charge in [-0.25, -0.2) is 0 Å². The van der Waals surface area contributed by atoms with E-state index in [0.717, 1.165) is 12.0 Å². The molecule has 0 saturated heterocycles. The standard InChI is InChI=1S/C18H22N2O/c1-13-6-3-4-7-15(13)10-11-20-18(21)14(2)16-8-5-9-17(19)12-16/h3-9,12,14H,10-11,19H2,1-2H3,(H,20,21). The zero-order chi connectivity index (χ0) is 15.2. The van der Waals surface area contributed by atoms with Gasteiger partial charge in [0, 0.05) is 12.2 Å². The first-order chi connectivity index (χ1) is 10.1. The molecule has 0 fully saturated rings. The van der Waals surface area contributed by atoms with Crippen LogP contribution < -0.4 is 11.1 Å². The normalized spacial score (nSPS) is 11.9. The Morgan fingerprint density at radius 1 is 1.19 bits per heavy atom. The number of carbonyl (C=O) groups excluding carboxylic acids is 1. The Bertz CT molecular complexity index is 622. The van der Waals surface area contributed by atoms with Gasteiger partial charge in [-0.3, -0.25) is 4.79 Å². The minimum Gasteiger partial charge on any atom is -0.399 e. The van der Waals surface area contributed by atoms with E-state index in [2.05, 4.69) is 24.4 Å². The first kappa shape index (κ1) is 15.1. The molecule has 21 heavy (non-hydrogen) atoms. The average molecular weight is 282 g/mol. The molecule has 0 heterocycles. The lowest BCUT2D eigenvalue weighted by Gasteiger charge is -2.13. The lowest BCUT2D eigenvalue weighted by molar-refractivity contribution is -0.122. The summed E-state index contributed by atoms with van der Waals surface area (Å²) in [6.07, 6.45) is 0.849. The molecule has 0 saturated carbocycles. The summed E-state index contributed by atoms with van der Waals surface area (Å²) in [7, 11) is 0. The number of benzene rings is 2. The van der Waals surface area contributed by atoms with E-state index in [1.54, 1.807) is 0 Å². The molecule has 1 amide bonds. The predicted octanol–water partition coefficient (Wildman–Crippen LogP) is 3.04. The number of hydrogen-bond donors (Lipinski definition) is 2. The Morgan fingerprint density at radius 3 is 2.67 bits per heavy atom. The number of rotatable bonds is 5. The van der Waals surface area contributed by atoms with Crippen molar-refractivity contribution in [2.45, 2.75) is 26.2 Å². The van der Waals surface area contributed by atoms with E-state index in [9.17, 15) is 4.79 Å². The van der Waals surface area contributed by atoms with Gasteiger partial charge in [0.25, 0.3) is 0 Å². The van der Waals surface area contributed by atoms with Gasteiger partial charge in [-0.2, -0.15) is 0 Å². The second-order valence-electron chi connectivity index (χ2n) is 5.36. The van der Waals surface area contributed by atoms with Gasteiger partial charge < -0.3 is 11.1 Å². The Morgan fingerprint density at radius 2 is 1.95 bits per heavy atom. The molecule has 3 heteroatoms. The highest BCUT2D eigenvalue weighted by atomic mass is 16.1. The lowest BCUT2D eigenvalue weighted by Crippen LogP contribution is -2.30. The number of carbonyl (C=O) groups is 1. The summed E-state index contributed by atoms with van der Waals surface area (Å²) in [5.41, 5.74) is 9.92. The number of hydrogen-bond acceptors (Lipinski definition) is 2. The van der Waals surface area contributed by atoms with Crippen LogP contribution in [0.4, 0.5) is 5.69 Å². The first-order valence-electron chi connectivity index (χ1n) is 7.25. The lowest BCUT2D eigenvalue weighted by atomic mass is 9.99. The molecule has 0 aliphatic carbocycles. The largest absolute Gasteiger partial charge is 0.399 e. The van der Waals surface area contributed by atoms with E-state index < -0.39 is 0 Å². The van der Waals surface area contributed by atoms with Gasteiger partial charge in [-0.15, -0.1) is 0 Å². The Hall–Kier alpha value is -2.29. The quantitative estimate of drug-likeness (QED) is 0.828. The maximum Gasteiger partial charge on any atom is 0.227 e. The highest BCUT2D eigenvalue weighted by Crippen LogP contribution is 2.17. The van der Waals surface area contributed by atoms with E-state index in [4.69, 9.17) is 5.73 Å². The second-order valence-corrected chi connectivity index (χ2v) is 5.36. The zero-order valence-electron chi connectivity index (χ0n) is 12.6. The van der Waals surface area contributed by atoms with Crippen molar-refractivity contribution in [3.05, 3.63) is 65.2 Å². The van der Waals surface area contributed by atoms with Gasteiger partial charge in [0.2, 0.25) is 5.91 Å². The van der Waals surface area contributed by atoms with Crippen LogP contribution in [-0.2, 0) is 11.2 Å². The molecule has 0 radical (unpaired) electrons. The molecule has 0 spiro atoms. The van der Waals surface area contributed by atoms with E-state index in [1.807, 2.05) is 43.3 Å². The van der Waals surface area contributed by atoms with Crippen LogP contribution in [0.25, 0.3) is 0 Å². The number of nitrogens with two attached hydrogens (primary N) is 1. The van der Waals surface area contributed by atoms with E-state index in [1.165, 1.54) is 11.1 Å². The van der Waals surface area contributed by atoms with Crippen molar-refractivity contribution in [3.63, 3.8) is 0 Å². The molecule has 3 N–H and O–H groups in total. The van der Waals surface area contributed by atoms with Gasteiger partial charge in [0.15, 0.2) is 0 Å². The summed E-state index contributed by atoms with van der Waals surface area (Å²) in [5, 5.41) is 3.00. The highest BCUT2D eigenvalue weighted by Gasteiger charge is 2.14. The summed E-state index contributed by atoms with van der Waals surface area (Å²) in [6.45, 7) is 4.64. The maximum absolute atomic E-state index is 12.2. The topological polar surface area (TPSA) is 55.1 Å². The molecule has 0 aromatic heterocycles. The van der Waals surface area contributed by atoms with Crippen LogP contribution in [0.1, 0.15) is 29.5 Å². The van der Waals surface area contributed by atoms with E-state index in [0.29, 0.717) is 12.2 Å². The van der Waals surface area contributed by atoms with Crippen LogP contribution in [0.15, 0.2) is 48.5 Å². The highest BCUT2D eigenvalue weighted by molar-refractivity contribution is 5.83. The second kappa shape index (κ2) is 6.93. The molecule has 2 aromatic rings. The molecular formula is C18H22N2O. The van der Waals surface area contributed by atoms with Crippen molar-refractivity contribution in [1.82, 2.24) is 5.32 Å². The van der Waals surface area contributed by atoms with E-state index >= 15 is 0 Å². The van der Waals surface area contributed by atoms with E-state index in [-0.39, 0.29) is 11.8 Å². The van der Waals surface area contributed by atoms with Crippen LogP contribution in [0.2, 0.25) is 0 Å². The molecule has 0 aliphatic heterocycles. The van der Waals surface area contributed by atoms with Crippen LogP contribution in [-0.4, -0.2) is 12.5 Å². The maximum atomic E-state index is 12.2. The summed E-state index contributed by atoms with van der Waals surface area (Å²) in [4.78, 5) is 12.2. The third-order valence-electron chi connectivity index (χ3n) is 3.76. The Labute approximate surface area is 126 Å². The van der Waals surface area contributed by atoms with Gasteiger partial charge >= 0.3 is 0 Å². The number of anilines is 1. The zero-order valence-corrected chi connectivity index (χ0v) is 12.6. The fourth-order valence-corrected chi connectivity index (χ4v) is 2.34. The molecule has 1 unspecified atom stereocenters. The molecule has 3 nitrogen and oxygen atoms in total. The van der Waals surface area contributed by atoms with Crippen molar-refractivity contribution < 1.29 is 4.79 Å². The summed E-state index contributed by atoms with van der Waals surface area (Å²) in [5.74, 6) is -0.153. The molecule has 1 atom stereocenters. The van der Waals surface area contributed by atoms with Crippen molar-refractivity contribution in [3.8, 4) is 0 Å². The smallest absolute Gasteiger partial charge is 0.227 e. The number of aryl methyl sites for hydroxylation is 1. The molecule has 0 aliphatic rings. The molecule has 0 bridgehead atoms. The van der Waals surface area contributed by atoms with Crippen LogP contribution in [0.3, 0.4) is 0 Å².